The van der Waals surface area contributed by atoms with Crippen molar-refractivity contribution in [3.8, 4) is 0 Å². The second-order valence-corrected chi connectivity index (χ2v) is 5.78. The summed E-state index contributed by atoms with van der Waals surface area (Å²) in [4.78, 5) is 19.6. The number of ether oxygens (including phenoxy) is 1. The van der Waals surface area contributed by atoms with Gasteiger partial charge in [-0.2, -0.15) is 0 Å². The SMILES string of the molecule is CC(C)(C)NC(=O)OCCn1ccc2ncnc(Cl)c21. The van der Waals surface area contributed by atoms with E-state index in [9.17, 15) is 4.79 Å². The van der Waals surface area contributed by atoms with E-state index in [4.69, 9.17) is 16.3 Å². The zero-order chi connectivity index (χ0) is 14.8. The summed E-state index contributed by atoms with van der Waals surface area (Å²) in [6.45, 7) is 6.42. The van der Waals surface area contributed by atoms with Crippen molar-refractivity contribution in [2.75, 3.05) is 6.61 Å². The van der Waals surface area contributed by atoms with E-state index in [0.717, 1.165) is 11.0 Å². The molecular formula is C13H17ClN4O2. The lowest BCUT2D eigenvalue weighted by molar-refractivity contribution is 0.134. The van der Waals surface area contributed by atoms with Crippen LogP contribution in [0.5, 0.6) is 0 Å². The van der Waals surface area contributed by atoms with Gasteiger partial charge >= 0.3 is 6.09 Å². The molecule has 0 spiro atoms. The molecular weight excluding hydrogens is 280 g/mol. The Morgan fingerprint density at radius 2 is 2.20 bits per heavy atom. The minimum absolute atomic E-state index is 0.247. The van der Waals surface area contributed by atoms with Crippen LogP contribution in [0.15, 0.2) is 18.6 Å². The summed E-state index contributed by atoms with van der Waals surface area (Å²) in [6, 6.07) is 1.85. The van der Waals surface area contributed by atoms with Crippen molar-refractivity contribution < 1.29 is 9.53 Å². The van der Waals surface area contributed by atoms with Crippen LogP contribution in [0.2, 0.25) is 5.15 Å². The number of alkyl carbamates (subject to hydrolysis) is 1. The van der Waals surface area contributed by atoms with Crippen molar-refractivity contribution in [1.82, 2.24) is 19.9 Å². The molecule has 1 amide bonds. The van der Waals surface area contributed by atoms with E-state index in [-0.39, 0.29) is 12.1 Å². The van der Waals surface area contributed by atoms with Crippen LogP contribution in [-0.4, -0.2) is 32.8 Å². The number of amides is 1. The molecule has 0 radical (unpaired) electrons. The van der Waals surface area contributed by atoms with Crippen molar-refractivity contribution in [3.63, 3.8) is 0 Å². The van der Waals surface area contributed by atoms with Gasteiger partial charge in [0.2, 0.25) is 0 Å². The Hall–Kier alpha value is -1.82. The lowest BCUT2D eigenvalue weighted by atomic mass is 10.1. The Labute approximate surface area is 122 Å². The Balaban J connectivity index is 1.95. The molecule has 0 unspecified atom stereocenters. The second-order valence-electron chi connectivity index (χ2n) is 5.42. The van der Waals surface area contributed by atoms with Crippen LogP contribution < -0.4 is 5.32 Å². The summed E-state index contributed by atoms with van der Waals surface area (Å²) in [7, 11) is 0. The summed E-state index contributed by atoms with van der Waals surface area (Å²) >= 11 is 6.04. The van der Waals surface area contributed by atoms with Crippen molar-refractivity contribution in [1.29, 1.82) is 0 Å². The summed E-state index contributed by atoms with van der Waals surface area (Å²) in [5.41, 5.74) is 1.20. The van der Waals surface area contributed by atoms with Crippen molar-refractivity contribution in [2.45, 2.75) is 32.9 Å². The highest BCUT2D eigenvalue weighted by Gasteiger charge is 2.14. The zero-order valence-electron chi connectivity index (χ0n) is 11.7. The lowest BCUT2D eigenvalue weighted by Crippen LogP contribution is -2.41. The summed E-state index contributed by atoms with van der Waals surface area (Å²) < 4.78 is 6.99. The van der Waals surface area contributed by atoms with E-state index in [1.165, 1.54) is 6.33 Å². The first kappa shape index (κ1) is 14.6. The summed E-state index contributed by atoms with van der Waals surface area (Å²) in [5, 5.41) is 3.11. The van der Waals surface area contributed by atoms with Crippen LogP contribution in [-0.2, 0) is 11.3 Å². The smallest absolute Gasteiger partial charge is 0.407 e. The summed E-state index contributed by atoms with van der Waals surface area (Å²) in [5.74, 6) is 0. The minimum atomic E-state index is -0.434. The number of hydrogen-bond donors (Lipinski definition) is 1. The second kappa shape index (κ2) is 5.66. The molecule has 2 aromatic rings. The van der Waals surface area contributed by atoms with Crippen molar-refractivity contribution in [2.24, 2.45) is 0 Å². The van der Waals surface area contributed by atoms with E-state index < -0.39 is 6.09 Å². The average Bonchev–Trinajstić information content (AvgIpc) is 2.71. The molecule has 0 saturated heterocycles. The van der Waals surface area contributed by atoms with Gasteiger partial charge in [0.25, 0.3) is 0 Å². The zero-order valence-corrected chi connectivity index (χ0v) is 12.4. The van der Waals surface area contributed by atoms with E-state index in [1.54, 1.807) is 0 Å². The van der Waals surface area contributed by atoms with Crippen LogP contribution in [0.3, 0.4) is 0 Å². The molecule has 1 N–H and O–H groups in total. The molecule has 0 fully saturated rings. The van der Waals surface area contributed by atoms with Gasteiger partial charge in [-0.1, -0.05) is 11.6 Å². The number of hydrogen-bond acceptors (Lipinski definition) is 4. The molecule has 0 atom stereocenters. The Morgan fingerprint density at radius 3 is 2.90 bits per heavy atom. The predicted molar refractivity (Wildman–Crippen MR) is 76.8 cm³/mol. The van der Waals surface area contributed by atoms with Gasteiger partial charge in [0.05, 0.1) is 12.1 Å². The Kier molecular flexibility index (Phi) is 4.13. The van der Waals surface area contributed by atoms with Crippen LogP contribution in [0.4, 0.5) is 4.79 Å². The molecule has 6 nitrogen and oxygen atoms in total. The van der Waals surface area contributed by atoms with Gasteiger partial charge in [-0.25, -0.2) is 14.8 Å². The normalized spacial score (nSPS) is 11.6. The molecule has 2 heterocycles. The van der Waals surface area contributed by atoms with Crippen molar-refractivity contribution >= 4 is 28.7 Å². The fourth-order valence-corrected chi connectivity index (χ4v) is 2.01. The maximum Gasteiger partial charge on any atom is 0.407 e. The highest BCUT2D eigenvalue weighted by Crippen LogP contribution is 2.19. The van der Waals surface area contributed by atoms with Gasteiger partial charge in [0.1, 0.15) is 18.5 Å². The third kappa shape index (κ3) is 3.60. The molecule has 0 aliphatic heterocycles. The standard InChI is InChI=1S/C13H17ClN4O2/c1-13(2,3)17-12(19)20-7-6-18-5-4-9-10(18)11(14)16-8-15-9/h4-5,8H,6-7H2,1-3H3,(H,17,19). The number of nitrogens with one attached hydrogen (secondary N) is 1. The lowest BCUT2D eigenvalue weighted by Gasteiger charge is -2.20. The maximum atomic E-state index is 11.5. The third-order valence-corrected chi connectivity index (χ3v) is 2.82. The summed E-state index contributed by atoms with van der Waals surface area (Å²) in [6.07, 6.45) is 2.83. The molecule has 0 aliphatic carbocycles. The highest BCUT2D eigenvalue weighted by molar-refractivity contribution is 6.33. The predicted octanol–water partition coefficient (Wildman–Crippen LogP) is 2.61. The number of halogens is 1. The minimum Gasteiger partial charge on any atom is -0.448 e. The average molecular weight is 297 g/mol. The van der Waals surface area contributed by atoms with Gasteiger partial charge in [-0.3, -0.25) is 0 Å². The van der Waals surface area contributed by atoms with Gasteiger partial charge < -0.3 is 14.6 Å². The van der Waals surface area contributed by atoms with Gasteiger partial charge in [0.15, 0.2) is 5.15 Å². The molecule has 0 saturated carbocycles. The largest absolute Gasteiger partial charge is 0.448 e. The maximum absolute atomic E-state index is 11.5. The van der Waals surface area contributed by atoms with Gasteiger partial charge in [-0.05, 0) is 26.8 Å². The molecule has 108 valence electrons. The molecule has 0 aromatic carbocycles. The number of fused-ring (bicyclic) bond motifs is 1. The van der Waals surface area contributed by atoms with E-state index >= 15 is 0 Å². The third-order valence-electron chi connectivity index (χ3n) is 2.55. The number of carbonyl (C=O) groups excluding carboxylic acids is 1. The number of aromatic nitrogens is 3. The first-order valence-electron chi connectivity index (χ1n) is 6.27. The fraction of sp³-hybridized carbons (Fsp3) is 0.462. The fourth-order valence-electron chi connectivity index (χ4n) is 1.76. The highest BCUT2D eigenvalue weighted by atomic mass is 35.5. The quantitative estimate of drug-likeness (QED) is 0.884. The molecule has 0 aliphatic rings. The first-order chi connectivity index (χ1) is 9.37. The molecule has 2 rings (SSSR count). The molecule has 0 bridgehead atoms. The van der Waals surface area contributed by atoms with Gasteiger partial charge in [0, 0.05) is 11.7 Å². The van der Waals surface area contributed by atoms with Gasteiger partial charge in [-0.15, -0.1) is 0 Å². The molecule has 7 heteroatoms. The van der Waals surface area contributed by atoms with Crippen LogP contribution in [0.25, 0.3) is 11.0 Å². The Bertz CT molecular complexity index is 618. The van der Waals surface area contributed by atoms with E-state index in [2.05, 4.69) is 15.3 Å². The first-order valence-corrected chi connectivity index (χ1v) is 6.65. The van der Waals surface area contributed by atoms with E-state index in [0.29, 0.717) is 11.7 Å². The topological polar surface area (TPSA) is 69.0 Å². The van der Waals surface area contributed by atoms with Crippen LogP contribution >= 0.6 is 11.6 Å². The van der Waals surface area contributed by atoms with Crippen LogP contribution in [0.1, 0.15) is 20.8 Å². The number of rotatable bonds is 3. The van der Waals surface area contributed by atoms with Crippen LogP contribution in [0, 0.1) is 0 Å². The monoisotopic (exact) mass is 296 g/mol. The molecule has 2 aromatic heterocycles. The number of carbonyl (C=O) groups is 1. The molecule has 20 heavy (non-hydrogen) atoms. The number of nitrogens with zero attached hydrogens (tertiary/aromatic N) is 3. The Morgan fingerprint density at radius 1 is 1.45 bits per heavy atom. The van der Waals surface area contributed by atoms with E-state index in [1.807, 2.05) is 37.6 Å². The van der Waals surface area contributed by atoms with Crippen molar-refractivity contribution in [3.05, 3.63) is 23.7 Å².